The fourth-order valence-electron chi connectivity index (χ4n) is 3.88. The van der Waals surface area contributed by atoms with Crippen LogP contribution in [-0.4, -0.2) is 32.6 Å². The highest BCUT2D eigenvalue weighted by Gasteiger charge is 2.37. The molecule has 0 spiro atoms. The van der Waals surface area contributed by atoms with Gasteiger partial charge in [-0.05, 0) is 36.2 Å². The number of rotatable bonds is 14. The Morgan fingerprint density at radius 3 is 1.69 bits per heavy atom. The molecule has 6 nitrogen and oxygen atoms in total. The second-order valence-electron chi connectivity index (χ2n) is 8.41. The molecule has 0 saturated heterocycles. The van der Waals surface area contributed by atoms with Crippen LogP contribution in [0.3, 0.4) is 0 Å². The van der Waals surface area contributed by atoms with Crippen LogP contribution in [0, 0.1) is 0 Å². The van der Waals surface area contributed by atoms with Crippen LogP contribution in [0.1, 0.15) is 45.2 Å². The monoisotopic (exact) mass is 496 g/mol. The third kappa shape index (κ3) is 8.30. The first kappa shape index (κ1) is 28.2. The molecule has 0 aliphatic heterocycles. The van der Waals surface area contributed by atoms with Crippen molar-refractivity contribution in [3.63, 3.8) is 0 Å². The molecule has 0 amide bonds. The van der Waals surface area contributed by atoms with Gasteiger partial charge in [0.25, 0.3) is 0 Å². The molecule has 0 unspecified atom stereocenters. The summed E-state index contributed by atoms with van der Waals surface area (Å²) in [6.45, 7) is 7.84. The first-order chi connectivity index (χ1) is 16.9. The van der Waals surface area contributed by atoms with Gasteiger partial charge in [-0.3, -0.25) is 0 Å². The molecular formula is C28H36O6Si. The number of aldehydes is 1. The summed E-state index contributed by atoms with van der Waals surface area (Å²) in [5.41, 5.74) is 1.80. The summed E-state index contributed by atoms with van der Waals surface area (Å²) in [5, 5.41) is 0. The first-order valence-corrected chi connectivity index (χ1v) is 14.7. The third-order valence-electron chi connectivity index (χ3n) is 6.31. The zero-order chi connectivity index (χ0) is 25.7. The lowest BCUT2D eigenvalue weighted by Crippen LogP contribution is -2.42. The summed E-state index contributed by atoms with van der Waals surface area (Å²) < 4.78 is 17.6. The van der Waals surface area contributed by atoms with E-state index in [1.807, 2.05) is 60.7 Å². The fraction of sp³-hybridized carbons (Fsp3) is 0.393. The van der Waals surface area contributed by atoms with Gasteiger partial charge in [0.2, 0.25) is 0 Å². The third-order valence-corrected chi connectivity index (χ3v) is 11.0. The van der Waals surface area contributed by atoms with Gasteiger partial charge in [0.15, 0.2) is 8.32 Å². The van der Waals surface area contributed by atoms with Gasteiger partial charge < -0.3 is 18.7 Å². The summed E-state index contributed by atoms with van der Waals surface area (Å²) in [6, 6.07) is 21.1. The Balaban J connectivity index is 2.37. The van der Waals surface area contributed by atoms with Gasteiger partial charge in [0.05, 0.1) is 11.7 Å². The van der Waals surface area contributed by atoms with Crippen molar-refractivity contribution >= 4 is 26.5 Å². The van der Waals surface area contributed by atoms with Gasteiger partial charge in [-0.2, -0.15) is 0 Å². The lowest BCUT2D eigenvalue weighted by molar-refractivity contribution is -0.144. The van der Waals surface area contributed by atoms with Gasteiger partial charge in [-0.25, -0.2) is 9.59 Å². The zero-order valence-corrected chi connectivity index (χ0v) is 22.1. The van der Waals surface area contributed by atoms with Crippen LogP contribution in [-0.2, 0) is 41.5 Å². The van der Waals surface area contributed by atoms with Crippen LogP contribution in [0.15, 0.2) is 71.8 Å². The molecule has 0 saturated carbocycles. The van der Waals surface area contributed by atoms with E-state index in [0.29, 0.717) is 0 Å². The fourth-order valence-corrected chi connectivity index (χ4v) is 6.70. The molecule has 0 heterocycles. The van der Waals surface area contributed by atoms with Crippen LogP contribution in [0.4, 0.5) is 0 Å². The molecule has 2 aromatic rings. The van der Waals surface area contributed by atoms with Crippen molar-refractivity contribution < 1.29 is 28.3 Å². The summed E-state index contributed by atoms with van der Waals surface area (Å²) in [7, 11) is -2.22. The van der Waals surface area contributed by atoms with Gasteiger partial charge in [0, 0.05) is 12.0 Å². The highest BCUT2D eigenvalue weighted by atomic mass is 28.4. The molecule has 0 radical (unpaired) electrons. The molecule has 0 bridgehead atoms. The first-order valence-electron chi connectivity index (χ1n) is 12.1. The predicted molar refractivity (Wildman–Crippen MR) is 138 cm³/mol. The van der Waals surface area contributed by atoms with Gasteiger partial charge in [-0.15, -0.1) is 0 Å². The SMILES string of the molecule is CC[Si](CC)(CC)O[C@H](CC=O)/C(C(=O)OCc1ccccc1)=C(\C)C(=O)OCc1ccccc1. The molecule has 35 heavy (non-hydrogen) atoms. The number of carbonyl (C=O) groups excluding carboxylic acids is 3. The maximum absolute atomic E-state index is 13.3. The Bertz CT molecular complexity index is 975. The molecular weight excluding hydrogens is 460 g/mol. The molecule has 2 rings (SSSR count). The van der Waals surface area contributed by atoms with E-state index < -0.39 is 26.4 Å². The second-order valence-corrected chi connectivity index (χ2v) is 13.1. The largest absolute Gasteiger partial charge is 0.457 e. The second kappa shape index (κ2) is 14.4. The number of hydrogen-bond acceptors (Lipinski definition) is 6. The summed E-state index contributed by atoms with van der Waals surface area (Å²) in [4.78, 5) is 38.0. The molecule has 0 aliphatic carbocycles. The van der Waals surface area contributed by atoms with Crippen LogP contribution in [0.2, 0.25) is 18.1 Å². The lowest BCUT2D eigenvalue weighted by atomic mass is 10.0. The van der Waals surface area contributed by atoms with Crippen molar-refractivity contribution in [3.8, 4) is 0 Å². The average molecular weight is 497 g/mol. The van der Waals surface area contributed by atoms with E-state index in [4.69, 9.17) is 13.9 Å². The topological polar surface area (TPSA) is 78.9 Å². The molecule has 2 aromatic carbocycles. The van der Waals surface area contributed by atoms with Gasteiger partial charge in [-0.1, -0.05) is 81.4 Å². The average Bonchev–Trinajstić information content (AvgIpc) is 2.90. The van der Waals surface area contributed by atoms with E-state index in [2.05, 4.69) is 20.8 Å². The van der Waals surface area contributed by atoms with E-state index in [-0.39, 0.29) is 30.8 Å². The molecule has 0 aliphatic rings. The minimum absolute atomic E-state index is 0.0429. The highest BCUT2D eigenvalue weighted by molar-refractivity contribution is 6.73. The van der Waals surface area contributed by atoms with Crippen molar-refractivity contribution in [3.05, 3.63) is 82.9 Å². The Labute approximate surface area is 209 Å². The Kier molecular flexibility index (Phi) is 11.6. The maximum Gasteiger partial charge on any atom is 0.337 e. The number of carbonyl (C=O) groups is 3. The van der Waals surface area contributed by atoms with Crippen LogP contribution in [0.5, 0.6) is 0 Å². The molecule has 0 N–H and O–H groups in total. The number of hydrogen-bond donors (Lipinski definition) is 0. The number of ether oxygens (including phenoxy) is 2. The van der Waals surface area contributed by atoms with E-state index in [9.17, 15) is 14.4 Å². The normalized spacial score (nSPS) is 12.9. The summed E-state index contributed by atoms with van der Waals surface area (Å²) >= 11 is 0. The van der Waals surface area contributed by atoms with Crippen LogP contribution >= 0.6 is 0 Å². The minimum atomic E-state index is -2.22. The number of esters is 2. The Morgan fingerprint density at radius 2 is 1.26 bits per heavy atom. The van der Waals surface area contributed by atoms with Gasteiger partial charge in [0.1, 0.15) is 19.5 Å². The van der Waals surface area contributed by atoms with Gasteiger partial charge >= 0.3 is 11.9 Å². The van der Waals surface area contributed by atoms with Crippen molar-refractivity contribution in [2.24, 2.45) is 0 Å². The van der Waals surface area contributed by atoms with Crippen LogP contribution < -0.4 is 0 Å². The van der Waals surface area contributed by atoms with Crippen molar-refractivity contribution in [1.82, 2.24) is 0 Å². The van der Waals surface area contributed by atoms with Crippen molar-refractivity contribution in [2.45, 2.75) is 71.6 Å². The van der Waals surface area contributed by atoms with E-state index in [1.165, 1.54) is 6.92 Å². The molecule has 0 fully saturated rings. The Hall–Kier alpha value is -3.03. The summed E-state index contributed by atoms with van der Waals surface area (Å²) in [6.07, 6.45) is -0.197. The smallest absolute Gasteiger partial charge is 0.337 e. The van der Waals surface area contributed by atoms with E-state index in [1.54, 1.807) is 0 Å². The van der Waals surface area contributed by atoms with E-state index >= 15 is 0 Å². The zero-order valence-electron chi connectivity index (χ0n) is 21.1. The molecule has 1 atom stereocenters. The Morgan fingerprint density at radius 1 is 0.800 bits per heavy atom. The predicted octanol–water partition coefficient (Wildman–Crippen LogP) is 5.77. The lowest BCUT2D eigenvalue weighted by Gasteiger charge is -2.33. The quantitative estimate of drug-likeness (QED) is 0.143. The number of benzene rings is 2. The van der Waals surface area contributed by atoms with Crippen molar-refractivity contribution in [1.29, 1.82) is 0 Å². The standard InChI is InChI=1S/C28H36O6Si/c1-5-35(6-2,7-3)34-25(18-19-29)26(28(31)33-21-24-16-12-9-13-17-24)22(4)27(30)32-20-23-14-10-8-11-15-23/h8-17,19,25H,5-7,18,20-21H2,1-4H3/b26-22-/t25-/m1/s1. The highest BCUT2D eigenvalue weighted by Crippen LogP contribution is 2.29. The molecule has 188 valence electrons. The minimum Gasteiger partial charge on any atom is -0.457 e. The van der Waals surface area contributed by atoms with Crippen molar-refractivity contribution in [2.75, 3.05) is 0 Å². The molecule has 7 heteroatoms. The summed E-state index contributed by atoms with van der Waals surface area (Å²) in [5.74, 6) is -1.32. The van der Waals surface area contributed by atoms with E-state index in [0.717, 1.165) is 35.5 Å². The van der Waals surface area contributed by atoms with Crippen LogP contribution in [0.25, 0.3) is 0 Å². The maximum atomic E-state index is 13.3. The molecule has 0 aromatic heterocycles.